The molecule has 1 heterocycles. The maximum atomic E-state index is 13.9. The van der Waals surface area contributed by atoms with E-state index in [2.05, 4.69) is 16.0 Å². The first-order valence-corrected chi connectivity index (χ1v) is 10.4. The molecule has 0 saturated carbocycles. The third-order valence-electron chi connectivity index (χ3n) is 5.39. The van der Waals surface area contributed by atoms with E-state index in [9.17, 15) is 18.4 Å². The molecule has 166 valence electrons. The van der Waals surface area contributed by atoms with Gasteiger partial charge in [-0.05, 0) is 56.6 Å². The fourth-order valence-electron chi connectivity index (χ4n) is 3.53. The number of nitrogens with one attached hydrogen (secondary N) is 3. The zero-order valence-electron chi connectivity index (χ0n) is 17.5. The fourth-order valence-corrected chi connectivity index (χ4v) is 3.53. The van der Waals surface area contributed by atoms with Crippen LogP contribution in [-0.2, 0) is 22.7 Å². The zero-order valence-corrected chi connectivity index (χ0v) is 17.5. The molecule has 1 aliphatic heterocycles. The monoisotopic (exact) mass is 431 g/mol. The van der Waals surface area contributed by atoms with Crippen LogP contribution < -0.4 is 16.0 Å². The van der Waals surface area contributed by atoms with Gasteiger partial charge in [0.15, 0.2) is 0 Å². The van der Waals surface area contributed by atoms with Crippen molar-refractivity contribution in [2.24, 2.45) is 0 Å². The first-order chi connectivity index (χ1) is 14.9. The highest BCUT2D eigenvalue weighted by atomic mass is 19.1. The third kappa shape index (κ3) is 5.86. The molecule has 1 saturated heterocycles. The van der Waals surface area contributed by atoms with Gasteiger partial charge in [0.25, 0.3) is 5.91 Å². The second-order valence-corrected chi connectivity index (χ2v) is 7.54. The molecule has 0 bridgehead atoms. The lowest BCUT2D eigenvalue weighted by Gasteiger charge is -2.37. The van der Waals surface area contributed by atoms with Crippen LogP contribution in [0.3, 0.4) is 0 Å². The first kappa shape index (κ1) is 22.8. The quantitative estimate of drug-likeness (QED) is 0.601. The molecular weight excluding hydrogens is 404 g/mol. The van der Waals surface area contributed by atoms with Crippen LogP contribution in [0.5, 0.6) is 0 Å². The molecule has 3 N–H and O–H groups in total. The van der Waals surface area contributed by atoms with E-state index >= 15 is 0 Å². The molecule has 31 heavy (non-hydrogen) atoms. The highest BCUT2D eigenvalue weighted by Crippen LogP contribution is 2.21. The topological polar surface area (TPSA) is 79.5 Å². The van der Waals surface area contributed by atoms with E-state index in [1.165, 1.54) is 6.07 Å². The molecule has 0 aliphatic carbocycles. The second-order valence-electron chi connectivity index (χ2n) is 7.54. The molecule has 0 spiro atoms. The van der Waals surface area contributed by atoms with Gasteiger partial charge in [-0.3, -0.25) is 9.59 Å². The Hall–Kier alpha value is -2.84. The van der Waals surface area contributed by atoms with Gasteiger partial charge in [0.05, 0.1) is 6.61 Å². The molecule has 3 rings (SSSR count). The molecule has 2 aromatic rings. The number of hydrogen-bond acceptors (Lipinski definition) is 4. The number of hydrogen-bond donors (Lipinski definition) is 3. The Labute approximate surface area is 180 Å². The summed E-state index contributed by atoms with van der Waals surface area (Å²) < 4.78 is 32.4. The molecule has 2 aromatic carbocycles. The SMILES string of the molecule is CCOCc1ccc(C(=O)NC2(C(=O)NCc3ccc(F)cc3F)CCNCC2)cc1. The fraction of sp³-hybridized carbons (Fsp3) is 0.391. The summed E-state index contributed by atoms with van der Waals surface area (Å²) in [6.45, 7) is 4.02. The van der Waals surface area contributed by atoms with Crippen molar-refractivity contribution >= 4 is 11.8 Å². The van der Waals surface area contributed by atoms with Gasteiger partial charge in [-0.25, -0.2) is 8.78 Å². The Morgan fingerprint density at radius 2 is 1.81 bits per heavy atom. The summed E-state index contributed by atoms with van der Waals surface area (Å²) in [6, 6.07) is 10.2. The molecule has 1 fully saturated rings. The number of rotatable bonds is 8. The van der Waals surface area contributed by atoms with E-state index in [1.807, 2.05) is 19.1 Å². The minimum Gasteiger partial charge on any atom is -0.377 e. The van der Waals surface area contributed by atoms with E-state index in [-0.39, 0.29) is 23.9 Å². The molecule has 6 nitrogen and oxygen atoms in total. The average Bonchev–Trinajstić information content (AvgIpc) is 2.77. The predicted octanol–water partition coefficient (Wildman–Crippen LogP) is 2.67. The van der Waals surface area contributed by atoms with Crippen molar-refractivity contribution in [3.63, 3.8) is 0 Å². The van der Waals surface area contributed by atoms with Crippen LogP contribution in [0.25, 0.3) is 0 Å². The van der Waals surface area contributed by atoms with Gasteiger partial charge >= 0.3 is 0 Å². The van der Waals surface area contributed by atoms with Gasteiger partial charge in [-0.2, -0.15) is 0 Å². The molecule has 0 atom stereocenters. The van der Waals surface area contributed by atoms with Crippen LogP contribution in [0.4, 0.5) is 8.78 Å². The maximum absolute atomic E-state index is 13.9. The number of ether oxygens (including phenoxy) is 1. The van der Waals surface area contributed by atoms with Gasteiger partial charge in [0, 0.05) is 30.3 Å². The molecule has 0 radical (unpaired) electrons. The zero-order chi connectivity index (χ0) is 22.3. The largest absolute Gasteiger partial charge is 0.377 e. The number of halogens is 2. The van der Waals surface area contributed by atoms with Crippen LogP contribution in [0.2, 0.25) is 0 Å². The number of piperidine rings is 1. The summed E-state index contributed by atoms with van der Waals surface area (Å²) in [6.07, 6.45) is 0.803. The lowest BCUT2D eigenvalue weighted by atomic mass is 9.86. The van der Waals surface area contributed by atoms with Gasteiger partial charge in [0.2, 0.25) is 5.91 Å². The normalized spacial score (nSPS) is 15.3. The van der Waals surface area contributed by atoms with E-state index < -0.39 is 17.2 Å². The van der Waals surface area contributed by atoms with Crippen molar-refractivity contribution in [2.75, 3.05) is 19.7 Å². The lowest BCUT2D eigenvalue weighted by Crippen LogP contribution is -2.62. The number of carbonyl (C=O) groups excluding carboxylic acids is 2. The second kappa shape index (κ2) is 10.5. The molecule has 2 amide bonds. The number of carbonyl (C=O) groups is 2. The standard InChI is InChI=1S/C23H27F2N3O3/c1-2-31-15-16-3-5-17(6-4-16)21(29)28-23(9-11-26-12-10-23)22(30)27-14-18-7-8-19(24)13-20(18)25/h3-8,13,26H,2,9-12,14-15H2,1H3,(H,27,30)(H,28,29). The summed E-state index contributed by atoms with van der Waals surface area (Å²) in [4.78, 5) is 25.9. The van der Waals surface area contributed by atoms with Crippen LogP contribution >= 0.6 is 0 Å². The highest BCUT2D eigenvalue weighted by Gasteiger charge is 2.41. The Balaban J connectivity index is 1.69. The van der Waals surface area contributed by atoms with Crippen molar-refractivity contribution < 1.29 is 23.1 Å². The summed E-state index contributed by atoms with van der Waals surface area (Å²) in [5, 5.41) is 8.77. The summed E-state index contributed by atoms with van der Waals surface area (Å²) in [5.74, 6) is -2.15. The van der Waals surface area contributed by atoms with Crippen LogP contribution in [-0.4, -0.2) is 37.0 Å². The summed E-state index contributed by atoms with van der Waals surface area (Å²) >= 11 is 0. The number of benzene rings is 2. The van der Waals surface area contributed by atoms with E-state index in [1.54, 1.807) is 12.1 Å². The van der Waals surface area contributed by atoms with Gasteiger partial charge in [-0.1, -0.05) is 18.2 Å². The van der Waals surface area contributed by atoms with Crippen LogP contribution in [0.15, 0.2) is 42.5 Å². The van der Waals surface area contributed by atoms with Gasteiger partial charge < -0.3 is 20.7 Å². The predicted molar refractivity (Wildman–Crippen MR) is 112 cm³/mol. The number of amides is 2. The Bertz CT molecular complexity index is 913. The highest BCUT2D eigenvalue weighted by molar-refractivity contribution is 5.99. The minimum atomic E-state index is -1.11. The smallest absolute Gasteiger partial charge is 0.252 e. The van der Waals surface area contributed by atoms with Crippen LogP contribution in [0.1, 0.15) is 41.3 Å². The van der Waals surface area contributed by atoms with Gasteiger partial charge in [0.1, 0.15) is 17.2 Å². The van der Waals surface area contributed by atoms with Crippen molar-refractivity contribution in [3.05, 3.63) is 70.8 Å². The molecular formula is C23H27F2N3O3. The average molecular weight is 431 g/mol. The third-order valence-corrected chi connectivity index (χ3v) is 5.39. The summed E-state index contributed by atoms with van der Waals surface area (Å²) in [7, 11) is 0. The van der Waals surface area contributed by atoms with Crippen molar-refractivity contribution in [3.8, 4) is 0 Å². The Kier molecular flexibility index (Phi) is 7.70. The first-order valence-electron chi connectivity index (χ1n) is 10.4. The Morgan fingerprint density at radius 1 is 1.10 bits per heavy atom. The maximum Gasteiger partial charge on any atom is 0.252 e. The molecule has 8 heteroatoms. The van der Waals surface area contributed by atoms with E-state index in [4.69, 9.17) is 4.74 Å². The van der Waals surface area contributed by atoms with Crippen molar-refractivity contribution in [1.82, 2.24) is 16.0 Å². The lowest BCUT2D eigenvalue weighted by molar-refractivity contribution is -0.128. The Morgan fingerprint density at radius 3 is 2.45 bits per heavy atom. The minimum absolute atomic E-state index is 0.0951. The van der Waals surface area contributed by atoms with E-state index in [0.29, 0.717) is 44.7 Å². The van der Waals surface area contributed by atoms with Crippen LogP contribution in [0, 0.1) is 11.6 Å². The van der Waals surface area contributed by atoms with E-state index in [0.717, 1.165) is 17.7 Å². The molecule has 1 aliphatic rings. The molecule has 0 unspecified atom stereocenters. The molecule has 0 aromatic heterocycles. The van der Waals surface area contributed by atoms with Crippen molar-refractivity contribution in [1.29, 1.82) is 0 Å². The summed E-state index contributed by atoms with van der Waals surface area (Å²) in [5.41, 5.74) is 0.461. The van der Waals surface area contributed by atoms with Gasteiger partial charge in [-0.15, -0.1) is 0 Å². The van der Waals surface area contributed by atoms with Crippen molar-refractivity contribution in [2.45, 2.75) is 38.5 Å².